The first kappa shape index (κ1) is 28.8. The molecule has 10 heteroatoms. The van der Waals surface area contributed by atoms with Gasteiger partial charge in [-0.25, -0.2) is 0 Å². The van der Waals surface area contributed by atoms with Crippen LogP contribution in [0.25, 0.3) is 0 Å². The molecule has 38 heavy (non-hydrogen) atoms. The van der Waals surface area contributed by atoms with Gasteiger partial charge in [0.2, 0.25) is 0 Å². The van der Waals surface area contributed by atoms with Gasteiger partial charge in [-0.3, -0.25) is 4.79 Å². The number of alkyl halides is 3. The Morgan fingerprint density at radius 3 is 2.63 bits per heavy atom. The Morgan fingerprint density at radius 1 is 1.29 bits per heavy atom. The van der Waals surface area contributed by atoms with Crippen molar-refractivity contribution in [2.24, 2.45) is 10.9 Å². The van der Waals surface area contributed by atoms with E-state index in [1.165, 1.54) is 17.4 Å². The summed E-state index contributed by atoms with van der Waals surface area (Å²) in [6, 6.07) is 3.05. The van der Waals surface area contributed by atoms with E-state index in [1.54, 1.807) is 0 Å². The molecule has 0 saturated carbocycles. The maximum Gasteiger partial charge on any atom is 0.416 e. The van der Waals surface area contributed by atoms with E-state index in [2.05, 4.69) is 44.9 Å². The van der Waals surface area contributed by atoms with Crippen molar-refractivity contribution in [3.8, 4) is 5.75 Å². The summed E-state index contributed by atoms with van der Waals surface area (Å²) in [5, 5.41) is 3.50. The van der Waals surface area contributed by atoms with Gasteiger partial charge in [0.1, 0.15) is 12.4 Å². The lowest BCUT2D eigenvalue weighted by Crippen LogP contribution is -2.49. The van der Waals surface area contributed by atoms with Gasteiger partial charge in [-0.05, 0) is 61.8 Å². The molecule has 1 N–H and O–H groups in total. The van der Waals surface area contributed by atoms with Crippen LogP contribution in [0, 0.1) is 5.92 Å². The van der Waals surface area contributed by atoms with Crippen LogP contribution in [0.5, 0.6) is 5.75 Å². The monoisotopic (exact) mass is 553 g/mol. The fourth-order valence-electron chi connectivity index (χ4n) is 4.92. The minimum atomic E-state index is -4.60. The predicted molar refractivity (Wildman–Crippen MR) is 142 cm³/mol. The average molecular weight is 554 g/mol. The van der Waals surface area contributed by atoms with Gasteiger partial charge in [-0.1, -0.05) is 34.6 Å². The second kappa shape index (κ2) is 11.1. The molecule has 1 amide bonds. The van der Waals surface area contributed by atoms with E-state index in [4.69, 9.17) is 9.47 Å². The predicted octanol–water partition coefficient (Wildman–Crippen LogP) is 5.94. The van der Waals surface area contributed by atoms with Gasteiger partial charge in [-0.2, -0.15) is 18.2 Å². The van der Waals surface area contributed by atoms with Gasteiger partial charge in [0, 0.05) is 17.7 Å². The van der Waals surface area contributed by atoms with Crippen LogP contribution < -0.4 is 14.9 Å². The molecule has 4 rings (SSSR count). The highest BCUT2D eigenvalue weighted by Crippen LogP contribution is 2.35. The largest absolute Gasteiger partial charge is 0.491 e. The fraction of sp³-hybridized carbons (Fsp3) is 0.643. The van der Waals surface area contributed by atoms with Crippen molar-refractivity contribution >= 4 is 17.2 Å². The Labute approximate surface area is 226 Å². The van der Waals surface area contributed by atoms with Crippen molar-refractivity contribution in [2.45, 2.75) is 90.1 Å². The number of carbonyl (C=O) groups excluding carboxylic acids is 1. The van der Waals surface area contributed by atoms with Crippen LogP contribution in [0.2, 0.25) is 0 Å². The summed E-state index contributed by atoms with van der Waals surface area (Å²) in [7, 11) is 0. The number of carbonyl (C=O) groups is 1. The Kier molecular flexibility index (Phi) is 8.45. The van der Waals surface area contributed by atoms with Crippen molar-refractivity contribution in [3.05, 3.63) is 45.2 Å². The molecule has 0 radical (unpaired) electrons. The number of nitrogens with one attached hydrogen (secondary N) is 1. The Hall–Kier alpha value is -2.17. The number of aromatic nitrogens is 1. The highest BCUT2D eigenvalue weighted by Gasteiger charge is 2.38. The van der Waals surface area contributed by atoms with E-state index in [9.17, 15) is 18.0 Å². The van der Waals surface area contributed by atoms with Crippen LogP contribution >= 0.6 is 11.3 Å². The van der Waals surface area contributed by atoms with Crippen LogP contribution in [0.1, 0.15) is 81.1 Å². The van der Waals surface area contributed by atoms with E-state index in [-0.39, 0.29) is 40.9 Å². The van der Waals surface area contributed by atoms with Crippen LogP contribution in [0.3, 0.4) is 0 Å². The smallest absolute Gasteiger partial charge is 0.416 e. The molecule has 1 aromatic carbocycles. The normalized spacial score (nSPS) is 23.0. The second-order valence-corrected chi connectivity index (χ2v) is 12.7. The fourth-order valence-corrected chi connectivity index (χ4v) is 5.97. The van der Waals surface area contributed by atoms with Crippen molar-refractivity contribution < 1.29 is 27.4 Å². The topological polar surface area (TPSA) is 64.8 Å². The van der Waals surface area contributed by atoms with Crippen LogP contribution in [0.15, 0.2) is 29.4 Å². The third-order valence-corrected chi connectivity index (χ3v) is 8.93. The zero-order valence-electron chi connectivity index (χ0n) is 22.8. The lowest BCUT2D eigenvalue weighted by atomic mass is 9.86. The maximum atomic E-state index is 13.6. The van der Waals surface area contributed by atoms with Gasteiger partial charge >= 0.3 is 6.18 Å². The van der Waals surface area contributed by atoms with E-state index < -0.39 is 17.6 Å². The molecule has 2 aromatic rings. The van der Waals surface area contributed by atoms with Crippen molar-refractivity contribution in [2.75, 3.05) is 19.8 Å². The molecule has 2 aliphatic rings. The number of ether oxygens (including phenoxy) is 2. The summed E-state index contributed by atoms with van der Waals surface area (Å²) in [5.41, 5.74) is -1.57. The molecule has 210 valence electrons. The minimum Gasteiger partial charge on any atom is -0.491 e. The molecule has 0 bridgehead atoms. The van der Waals surface area contributed by atoms with Gasteiger partial charge in [0.25, 0.3) is 5.91 Å². The molecule has 2 saturated heterocycles. The quantitative estimate of drug-likeness (QED) is 0.461. The number of hydrogen-bond donors (Lipinski definition) is 1. The number of hydrogen-bond acceptors (Lipinski definition) is 5. The first-order valence-corrected chi connectivity index (χ1v) is 14.1. The van der Waals surface area contributed by atoms with Gasteiger partial charge < -0.3 is 19.4 Å². The molecular formula is C28H38F3N3O3S. The molecule has 0 unspecified atom stereocenters. The SMILES string of the molecule is CC(C)[C@]1(COc2ccc(C(F)(F)F)cc2C(=O)N=c2sc(C(C)(C)C)cn2C[C@H]2CCCO2)CCCN1. The summed E-state index contributed by atoms with van der Waals surface area (Å²) < 4.78 is 54.6. The zero-order valence-corrected chi connectivity index (χ0v) is 23.6. The highest BCUT2D eigenvalue weighted by atomic mass is 32.1. The van der Waals surface area contributed by atoms with Crippen LogP contribution in [-0.2, 0) is 22.9 Å². The third kappa shape index (κ3) is 6.51. The molecule has 2 aliphatic heterocycles. The Morgan fingerprint density at radius 2 is 2.05 bits per heavy atom. The number of benzene rings is 1. The Bertz CT molecular complexity index is 1200. The Balaban J connectivity index is 1.72. The summed E-state index contributed by atoms with van der Waals surface area (Å²) in [5.74, 6) is -0.395. The van der Waals surface area contributed by atoms with Gasteiger partial charge in [-0.15, -0.1) is 11.3 Å². The standard InChI is InChI=1S/C28H38F3N3O3S/c1-18(2)27(11-7-12-32-27)17-37-22-10-9-19(28(29,30)31)14-21(22)24(35)33-25-34(15-20-8-6-13-36-20)16-23(38-25)26(3,4)5/h9-10,14,16,18,20,32H,6-8,11-13,15,17H2,1-5H3/t20-,27-/m1/s1. The van der Waals surface area contributed by atoms with Gasteiger partial charge in [0.15, 0.2) is 4.80 Å². The van der Waals surface area contributed by atoms with Crippen molar-refractivity contribution in [3.63, 3.8) is 0 Å². The van der Waals surface area contributed by atoms with Crippen LogP contribution in [-0.4, -0.2) is 41.9 Å². The highest BCUT2D eigenvalue weighted by molar-refractivity contribution is 7.09. The van der Waals surface area contributed by atoms with E-state index in [0.717, 1.165) is 49.2 Å². The number of rotatable bonds is 7. The molecule has 2 fully saturated rings. The van der Waals surface area contributed by atoms with E-state index >= 15 is 0 Å². The minimum absolute atomic E-state index is 0.0186. The number of amides is 1. The molecule has 1 aromatic heterocycles. The summed E-state index contributed by atoms with van der Waals surface area (Å²) in [6.07, 6.45) is 1.18. The summed E-state index contributed by atoms with van der Waals surface area (Å²) in [4.78, 5) is 19.3. The van der Waals surface area contributed by atoms with E-state index in [0.29, 0.717) is 18.0 Å². The average Bonchev–Trinajstić information content (AvgIpc) is 3.59. The molecule has 3 heterocycles. The van der Waals surface area contributed by atoms with Crippen molar-refractivity contribution in [1.29, 1.82) is 0 Å². The second-order valence-electron chi connectivity index (χ2n) is 11.7. The lowest BCUT2D eigenvalue weighted by Gasteiger charge is -2.33. The molecule has 2 atom stereocenters. The first-order chi connectivity index (χ1) is 17.8. The number of thiazole rings is 1. The summed E-state index contributed by atoms with van der Waals surface area (Å²) in [6.45, 7) is 12.7. The van der Waals surface area contributed by atoms with Crippen molar-refractivity contribution in [1.82, 2.24) is 9.88 Å². The number of halogens is 3. The molecule has 0 aliphatic carbocycles. The lowest BCUT2D eigenvalue weighted by molar-refractivity contribution is -0.137. The number of nitrogens with zero attached hydrogens (tertiary/aromatic N) is 2. The third-order valence-electron chi connectivity index (χ3n) is 7.49. The van der Waals surface area contributed by atoms with Crippen LogP contribution in [0.4, 0.5) is 13.2 Å². The molecular weight excluding hydrogens is 515 g/mol. The molecule has 6 nitrogen and oxygen atoms in total. The van der Waals surface area contributed by atoms with Gasteiger partial charge in [0.05, 0.1) is 29.3 Å². The first-order valence-electron chi connectivity index (χ1n) is 13.3. The maximum absolute atomic E-state index is 13.6. The molecule has 0 spiro atoms. The summed E-state index contributed by atoms with van der Waals surface area (Å²) >= 11 is 1.37. The van der Waals surface area contributed by atoms with E-state index in [1.807, 2.05) is 10.8 Å². The zero-order chi connectivity index (χ0) is 27.7.